The van der Waals surface area contributed by atoms with Gasteiger partial charge in [0, 0.05) is 6.04 Å². The highest BCUT2D eigenvalue weighted by Gasteiger charge is 2.49. The summed E-state index contributed by atoms with van der Waals surface area (Å²) in [4.78, 5) is 51.3. The number of nitrogens with zero attached hydrogens (tertiary/aromatic N) is 2. The van der Waals surface area contributed by atoms with Crippen molar-refractivity contribution >= 4 is 52.6 Å². The Labute approximate surface area is 166 Å². The Kier molecular flexibility index (Phi) is 5.72. The van der Waals surface area contributed by atoms with Crippen LogP contribution in [-0.4, -0.2) is 46.1 Å². The number of hydrogen-bond donors (Lipinski definition) is 1. The average Bonchev–Trinajstić information content (AvgIpc) is 2.83. The largest absolute Gasteiger partial charge is 0.334 e. The van der Waals surface area contributed by atoms with E-state index >= 15 is 0 Å². The van der Waals surface area contributed by atoms with Crippen LogP contribution in [0.4, 0.5) is 10.5 Å². The number of carbonyl (C=O) groups excluding carboxylic acids is 4. The number of rotatable bonds is 4. The molecule has 2 aliphatic rings. The molecule has 144 valence electrons. The van der Waals surface area contributed by atoms with Crippen LogP contribution in [0, 0.1) is 5.92 Å². The molecule has 3 rings (SSSR count). The average molecular weight is 412 g/mol. The molecule has 1 saturated heterocycles. The standard InChI is InChI=1S/C18H19Cl2N3O4/c1-10-5-2-3-8-13(10)23-17(26)16(25)22(18(23)27)9-14(24)21-12-7-4-6-11(19)15(12)20/h4,6-7,10,13H,2-3,5,8-9H2,1H3,(H,21,24)/t10-,13-/m0/s1. The van der Waals surface area contributed by atoms with Crippen LogP contribution in [0.5, 0.6) is 0 Å². The zero-order chi connectivity index (χ0) is 19.7. The minimum absolute atomic E-state index is 0.124. The molecule has 1 saturated carbocycles. The minimum Gasteiger partial charge on any atom is -0.323 e. The van der Waals surface area contributed by atoms with Crippen molar-refractivity contribution < 1.29 is 19.2 Å². The van der Waals surface area contributed by atoms with E-state index in [1.807, 2.05) is 6.92 Å². The van der Waals surface area contributed by atoms with E-state index in [4.69, 9.17) is 23.2 Å². The van der Waals surface area contributed by atoms with Crippen molar-refractivity contribution in [2.75, 3.05) is 11.9 Å². The Morgan fingerprint density at radius 2 is 1.85 bits per heavy atom. The van der Waals surface area contributed by atoms with Crippen LogP contribution in [0.1, 0.15) is 32.6 Å². The topological polar surface area (TPSA) is 86.8 Å². The van der Waals surface area contributed by atoms with E-state index in [1.54, 1.807) is 18.2 Å². The number of nitrogens with one attached hydrogen (secondary N) is 1. The van der Waals surface area contributed by atoms with Gasteiger partial charge in [-0.25, -0.2) is 9.69 Å². The Hall–Kier alpha value is -2.12. The molecule has 1 aromatic carbocycles. The fourth-order valence-electron chi connectivity index (χ4n) is 3.57. The molecule has 9 heteroatoms. The summed E-state index contributed by atoms with van der Waals surface area (Å²) in [5.74, 6) is -2.37. The highest BCUT2D eigenvalue weighted by molar-refractivity contribution is 6.45. The van der Waals surface area contributed by atoms with Crippen LogP contribution in [0.25, 0.3) is 0 Å². The van der Waals surface area contributed by atoms with Gasteiger partial charge in [0.2, 0.25) is 5.91 Å². The van der Waals surface area contributed by atoms with E-state index in [-0.39, 0.29) is 27.7 Å². The number of halogens is 2. The van der Waals surface area contributed by atoms with E-state index in [0.29, 0.717) is 11.3 Å². The van der Waals surface area contributed by atoms with Crippen LogP contribution in [0.2, 0.25) is 10.0 Å². The molecule has 1 aliphatic carbocycles. The van der Waals surface area contributed by atoms with Crippen LogP contribution >= 0.6 is 23.2 Å². The van der Waals surface area contributed by atoms with Gasteiger partial charge in [0.05, 0.1) is 15.7 Å². The Bertz CT molecular complexity index is 814. The van der Waals surface area contributed by atoms with Gasteiger partial charge in [-0.3, -0.25) is 19.3 Å². The Morgan fingerprint density at radius 3 is 2.56 bits per heavy atom. The van der Waals surface area contributed by atoms with Crippen molar-refractivity contribution in [1.29, 1.82) is 0 Å². The van der Waals surface area contributed by atoms with E-state index in [1.165, 1.54) is 0 Å². The molecule has 0 aromatic heterocycles. The predicted molar refractivity (Wildman–Crippen MR) is 100 cm³/mol. The zero-order valence-electron chi connectivity index (χ0n) is 14.7. The molecule has 0 radical (unpaired) electrons. The first-order chi connectivity index (χ1) is 12.8. The normalized spacial score (nSPS) is 23.1. The van der Waals surface area contributed by atoms with Gasteiger partial charge in [-0.15, -0.1) is 0 Å². The molecule has 7 nitrogen and oxygen atoms in total. The third-order valence-corrected chi connectivity index (χ3v) is 5.83. The maximum absolute atomic E-state index is 12.7. The van der Waals surface area contributed by atoms with E-state index in [9.17, 15) is 19.2 Å². The fourth-order valence-corrected chi connectivity index (χ4v) is 3.92. The summed E-state index contributed by atoms with van der Waals surface area (Å²) < 4.78 is 0. The van der Waals surface area contributed by atoms with Crippen molar-refractivity contribution in [2.45, 2.75) is 38.6 Å². The second kappa shape index (κ2) is 7.86. The third-order valence-electron chi connectivity index (χ3n) is 5.01. The number of imide groups is 2. The second-order valence-corrected chi connectivity index (χ2v) is 7.61. The monoisotopic (exact) mass is 411 g/mol. The number of urea groups is 1. The lowest BCUT2D eigenvalue weighted by molar-refractivity contribution is -0.145. The summed E-state index contributed by atoms with van der Waals surface area (Å²) in [7, 11) is 0. The molecule has 2 fully saturated rings. The Balaban J connectivity index is 1.72. The summed E-state index contributed by atoms with van der Waals surface area (Å²) in [6.45, 7) is 1.40. The summed E-state index contributed by atoms with van der Waals surface area (Å²) >= 11 is 11.9. The second-order valence-electron chi connectivity index (χ2n) is 6.83. The molecule has 0 spiro atoms. The molecule has 27 heavy (non-hydrogen) atoms. The molecule has 0 unspecified atom stereocenters. The van der Waals surface area contributed by atoms with E-state index in [2.05, 4.69) is 5.32 Å². The number of carbonyl (C=O) groups is 4. The van der Waals surface area contributed by atoms with Gasteiger partial charge in [-0.1, -0.05) is 49.0 Å². The number of anilines is 1. The molecule has 1 N–H and O–H groups in total. The smallest absolute Gasteiger partial charge is 0.323 e. The SMILES string of the molecule is C[C@H]1CCCC[C@@H]1N1C(=O)C(=O)N(CC(=O)Nc2cccc(Cl)c2Cl)C1=O. The van der Waals surface area contributed by atoms with Gasteiger partial charge in [0.15, 0.2) is 0 Å². The minimum atomic E-state index is -0.981. The maximum atomic E-state index is 12.7. The van der Waals surface area contributed by atoms with Gasteiger partial charge >= 0.3 is 17.8 Å². The molecular weight excluding hydrogens is 393 g/mol. The van der Waals surface area contributed by atoms with Crippen molar-refractivity contribution in [3.05, 3.63) is 28.2 Å². The highest BCUT2D eigenvalue weighted by atomic mass is 35.5. The third kappa shape index (κ3) is 3.80. The first-order valence-electron chi connectivity index (χ1n) is 8.74. The summed E-state index contributed by atoms with van der Waals surface area (Å²) in [6, 6.07) is 3.66. The molecule has 1 aliphatic heterocycles. The molecule has 5 amide bonds. The van der Waals surface area contributed by atoms with Gasteiger partial charge in [0.1, 0.15) is 6.54 Å². The van der Waals surface area contributed by atoms with Gasteiger partial charge in [-0.05, 0) is 30.9 Å². The number of amides is 5. The molecule has 2 atom stereocenters. The van der Waals surface area contributed by atoms with Crippen molar-refractivity contribution in [3.8, 4) is 0 Å². The van der Waals surface area contributed by atoms with E-state index < -0.39 is 30.3 Å². The van der Waals surface area contributed by atoms with Crippen LogP contribution in [0.3, 0.4) is 0 Å². The zero-order valence-corrected chi connectivity index (χ0v) is 16.2. The van der Waals surface area contributed by atoms with Gasteiger partial charge in [0.25, 0.3) is 0 Å². The maximum Gasteiger partial charge on any atom is 0.334 e. The van der Waals surface area contributed by atoms with Gasteiger partial charge in [-0.2, -0.15) is 0 Å². The molecule has 1 heterocycles. The molecule has 1 aromatic rings. The lowest BCUT2D eigenvalue weighted by Gasteiger charge is -2.34. The Morgan fingerprint density at radius 1 is 1.15 bits per heavy atom. The van der Waals surface area contributed by atoms with Crippen LogP contribution < -0.4 is 5.32 Å². The first kappa shape index (κ1) is 19.6. The lowest BCUT2D eigenvalue weighted by Crippen LogP contribution is -2.46. The van der Waals surface area contributed by atoms with Crippen LogP contribution in [0.15, 0.2) is 18.2 Å². The molecule has 0 bridgehead atoms. The quantitative estimate of drug-likeness (QED) is 0.607. The predicted octanol–water partition coefficient (Wildman–Crippen LogP) is 3.30. The van der Waals surface area contributed by atoms with Crippen LogP contribution in [-0.2, 0) is 14.4 Å². The van der Waals surface area contributed by atoms with E-state index in [0.717, 1.165) is 24.2 Å². The van der Waals surface area contributed by atoms with Crippen molar-refractivity contribution in [1.82, 2.24) is 9.80 Å². The van der Waals surface area contributed by atoms with Crippen molar-refractivity contribution in [3.63, 3.8) is 0 Å². The van der Waals surface area contributed by atoms with Crippen molar-refractivity contribution in [2.24, 2.45) is 5.92 Å². The van der Waals surface area contributed by atoms with Gasteiger partial charge < -0.3 is 5.32 Å². The first-order valence-corrected chi connectivity index (χ1v) is 9.49. The highest BCUT2D eigenvalue weighted by Crippen LogP contribution is 2.32. The number of benzene rings is 1. The summed E-state index contributed by atoms with van der Waals surface area (Å²) in [6.07, 6.45) is 3.50. The summed E-state index contributed by atoms with van der Waals surface area (Å²) in [5.41, 5.74) is 0.261. The summed E-state index contributed by atoms with van der Waals surface area (Å²) in [5, 5.41) is 2.92. The lowest BCUT2D eigenvalue weighted by atomic mass is 9.85. The molecular formula is C18H19Cl2N3O4. The number of hydrogen-bond acceptors (Lipinski definition) is 4. The fraction of sp³-hybridized carbons (Fsp3) is 0.444.